The first kappa shape index (κ1) is 28.2. The number of ether oxygens (including phenoxy) is 1. The van der Waals surface area contributed by atoms with Gasteiger partial charge in [-0.2, -0.15) is 5.10 Å². The van der Waals surface area contributed by atoms with Crippen LogP contribution in [0.4, 0.5) is 26.0 Å². The van der Waals surface area contributed by atoms with E-state index in [1.165, 1.54) is 61.0 Å². The number of nitrogens with two attached hydrogens (primary N) is 1. The number of aliphatic hydroxyl groups excluding tert-OH is 1. The molecule has 13 heteroatoms. The minimum Gasteiger partial charge on any atom is -0.453 e. The molecule has 1 saturated heterocycles. The molecule has 0 saturated carbocycles. The van der Waals surface area contributed by atoms with Gasteiger partial charge in [0.25, 0.3) is 11.8 Å². The predicted molar refractivity (Wildman–Crippen MR) is 152 cm³/mol. The van der Waals surface area contributed by atoms with Crippen LogP contribution in [-0.4, -0.2) is 65.4 Å². The van der Waals surface area contributed by atoms with Crippen LogP contribution in [0.3, 0.4) is 0 Å². The highest BCUT2D eigenvalue weighted by atomic mass is 19.1. The smallest absolute Gasteiger partial charge is 0.298 e. The Bertz CT molecular complexity index is 1630. The van der Waals surface area contributed by atoms with Gasteiger partial charge in [0.05, 0.1) is 11.3 Å². The molecule has 11 nitrogen and oxygen atoms in total. The minimum atomic E-state index is -1.47. The minimum absolute atomic E-state index is 0.00920. The number of amides is 2. The second kappa shape index (κ2) is 12.5. The first-order chi connectivity index (χ1) is 20.3. The predicted octanol–water partition coefficient (Wildman–Crippen LogP) is 2.21. The number of anilines is 3. The summed E-state index contributed by atoms with van der Waals surface area (Å²) in [6.07, 6.45) is 2.52. The third kappa shape index (κ3) is 6.35. The normalized spacial score (nSPS) is 16.3. The molecule has 3 aromatic rings. The van der Waals surface area contributed by atoms with Crippen molar-refractivity contribution in [2.45, 2.75) is 6.23 Å². The van der Waals surface area contributed by atoms with Gasteiger partial charge in [-0.25, -0.2) is 18.8 Å². The monoisotopic (exact) mass is 573 g/mol. The topological polar surface area (TPSA) is 145 Å². The molecule has 3 heterocycles. The summed E-state index contributed by atoms with van der Waals surface area (Å²) in [5.41, 5.74) is 6.48. The molecule has 214 valence electrons. The van der Waals surface area contributed by atoms with E-state index in [9.17, 15) is 19.1 Å². The quantitative estimate of drug-likeness (QED) is 0.340. The van der Waals surface area contributed by atoms with E-state index in [2.05, 4.69) is 32.6 Å². The van der Waals surface area contributed by atoms with Gasteiger partial charge >= 0.3 is 0 Å². The fourth-order valence-electron chi connectivity index (χ4n) is 4.18. The zero-order chi connectivity index (χ0) is 29.6. The van der Waals surface area contributed by atoms with Crippen LogP contribution in [0, 0.1) is 23.5 Å². The van der Waals surface area contributed by atoms with Crippen LogP contribution in [0.2, 0.25) is 0 Å². The van der Waals surface area contributed by atoms with E-state index in [4.69, 9.17) is 10.5 Å². The Morgan fingerprint density at radius 2 is 1.86 bits per heavy atom. The first-order valence-corrected chi connectivity index (χ1v) is 12.8. The van der Waals surface area contributed by atoms with Crippen LogP contribution in [0.25, 0.3) is 0 Å². The summed E-state index contributed by atoms with van der Waals surface area (Å²) in [5, 5.41) is 21.6. The van der Waals surface area contributed by atoms with Crippen molar-refractivity contribution in [2.24, 2.45) is 5.10 Å². The number of hydrazone groups is 1. The van der Waals surface area contributed by atoms with Gasteiger partial charge in [0.2, 0.25) is 0 Å². The number of carbonyl (C=O) groups excluding carboxylic acids is 2. The van der Waals surface area contributed by atoms with Crippen LogP contribution >= 0.6 is 0 Å². The second-order valence-corrected chi connectivity index (χ2v) is 9.14. The summed E-state index contributed by atoms with van der Waals surface area (Å²) < 4.78 is 34.1. The highest BCUT2D eigenvalue weighted by Crippen LogP contribution is 2.31. The standard InChI is InChI=1S/C29H25F2N7O4/c30-18-1-4-20(5-2-18)38-29(41)22(9-12-35-38)28(40)36-19-3-7-25(23(31)17-19)42-24-10-11-34-27(32)21(24)6-8-26(39)37-15-13-33-14-16-37/h1-5,7,9-12,17,29,33,41H,13-16H2,(H2,32,34)(H,36,40). The number of pyridine rings is 1. The molecule has 0 aliphatic carbocycles. The number of hydrogen-bond acceptors (Lipinski definition) is 9. The average Bonchev–Trinajstić information content (AvgIpc) is 2.99. The molecule has 2 amide bonds. The maximum Gasteiger partial charge on any atom is 0.298 e. The molecular formula is C29H25F2N7O4. The van der Waals surface area contributed by atoms with Crippen molar-refractivity contribution in [1.29, 1.82) is 0 Å². The van der Waals surface area contributed by atoms with Crippen molar-refractivity contribution < 1.29 is 28.2 Å². The Balaban J connectivity index is 1.28. The maximum atomic E-state index is 15.1. The van der Waals surface area contributed by atoms with Crippen LogP contribution in [0.1, 0.15) is 5.56 Å². The van der Waals surface area contributed by atoms with E-state index in [0.717, 1.165) is 11.1 Å². The number of carbonyl (C=O) groups is 2. The molecule has 0 bridgehead atoms. The van der Waals surface area contributed by atoms with E-state index in [1.807, 2.05) is 0 Å². The van der Waals surface area contributed by atoms with Crippen molar-refractivity contribution in [3.05, 3.63) is 83.6 Å². The molecular weight excluding hydrogens is 548 g/mol. The number of nitrogen functional groups attached to an aromatic ring is 1. The fourth-order valence-corrected chi connectivity index (χ4v) is 4.18. The number of benzene rings is 2. The van der Waals surface area contributed by atoms with Crippen molar-refractivity contribution in [1.82, 2.24) is 15.2 Å². The molecule has 5 rings (SSSR count). The number of halogens is 2. The second-order valence-electron chi connectivity index (χ2n) is 9.14. The van der Waals surface area contributed by atoms with Gasteiger partial charge in [0.15, 0.2) is 17.8 Å². The summed E-state index contributed by atoms with van der Waals surface area (Å²) in [4.78, 5) is 31.0. The van der Waals surface area contributed by atoms with Crippen molar-refractivity contribution in [3.8, 4) is 23.3 Å². The third-order valence-electron chi connectivity index (χ3n) is 6.36. The van der Waals surface area contributed by atoms with Gasteiger partial charge in [-0.05, 0) is 48.4 Å². The molecule has 42 heavy (non-hydrogen) atoms. The number of allylic oxidation sites excluding steroid dienone is 1. The van der Waals surface area contributed by atoms with Gasteiger partial charge in [-0.3, -0.25) is 9.59 Å². The zero-order valence-corrected chi connectivity index (χ0v) is 22.1. The summed E-state index contributed by atoms with van der Waals surface area (Å²) >= 11 is 0. The molecule has 1 aromatic heterocycles. The Morgan fingerprint density at radius 1 is 1.10 bits per heavy atom. The van der Waals surface area contributed by atoms with Gasteiger partial charge in [0.1, 0.15) is 22.9 Å². The molecule has 2 aliphatic heterocycles. The fraction of sp³-hybridized carbons (Fsp3) is 0.172. The lowest BCUT2D eigenvalue weighted by molar-refractivity contribution is -0.125. The van der Waals surface area contributed by atoms with Gasteiger partial charge in [0, 0.05) is 62.3 Å². The van der Waals surface area contributed by atoms with E-state index in [-0.39, 0.29) is 40.0 Å². The van der Waals surface area contributed by atoms with Crippen molar-refractivity contribution >= 4 is 35.2 Å². The highest BCUT2D eigenvalue weighted by Gasteiger charge is 2.28. The molecule has 0 spiro atoms. The van der Waals surface area contributed by atoms with Crippen molar-refractivity contribution in [2.75, 3.05) is 42.2 Å². The number of hydrogen-bond donors (Lipinski definition) is 4. The molecule has 2 aromatic carbocycles. The molecule has 2 aliphatic rings. The average molecular weight is 574 g/mol. The summed E-state index contributed by atoms with van der Waals surface area (Å²) in [5.74, 6) is 2.80. The lowest BCUT2D eigenvalue weighted by Crippen LogP contribution is -2.46. The number of nitrogens with zero attached hydrogens (tertiary/aromatic N) is 4. The van der Waals surface area contributed by atoms with Gasteiger partial charge in [-0.15, -0.1) is 0 Å². The molecule has 1 atom stereocenters. The molecule has 5 N–H and O–H groups in total. The number of nitrogens with one attached hydrogen (secondary N) is 2. The Morgan fingerprint density at radius 3 is 2.60 bits per heavy atom. The Labute approximate surface area is 239 Å². The van der Waals surface area contributed by atoms with Gasteiger partial charge in [-0.1, -0.05) is 0 Å². The Hall–Kier alpha value is -5.32. The summed E-state index contributed by atoms with van der Waals surface area (Å²) in [6.45, 7) is 2.41. The van der Waals surface area contributed by atoms with E-state index in [1.54, 1.807) is 4.90 Å². The molecule has 1 fully saturated rings. The lowest BCUT2D eigenvalue weighted by Gasteiger charge is -2.28. The third-order valence-corrected chi connectivity index (χ3v) is 6.36. The van der Waals surface area contributed by atoms with Crippen LogP contribution in [0.5, 0.6) is 11.5 Å². The van der Waals surface area contributed by atoms with E-state index >= 15 is 4.39 Å². The summed E-state index contributed by atoms with van der Waals surface area (Å²) in [7, 11) is 0. The number of aliphatic hydroxyl groups is 1. The number of piperazine rings is 1. The maximum absolute atomic E-state index is 15.1. The van der Waals surface area contributed by atoms with Crippen LogP contribution in [0.15, 0.2) is 71.5 Å². The van der Waals surface area contributed by atoms with E-state index < -0.39 is 23.8 Å². The number of rotatable bonds is 5. The SMILES string of the molecule is Nc1nccc(Oc2ccc(NC(=O)C3=CC=NN(c4ccc(F)cc4)C3O)cc2F)c1C#CC(=O)N1CCNCC1. The number of aromatic nitrogens is 1. The first-order valence-electron chi connectivity index (χ1n) is 12.8. The Kier molecular flexibility index (Phi) is 8.37. The largest absolute Gasteiger partial charge is 0.453 e. The highest BCUT2D eigenvalue weighted by molar-refractivity contribution is 6.07. The summed E-state index contributed by atoms with van der Waals surface area (Å²) in [6, 6.07) is 10.4. The lowest BCUT2D eigenvalue weighted by atomic mass is 10.1. The van der Waals surface area contributed by atoms with Crippen LogP contribution in [-0.2, 0) is 9.59 Å². The zero-order valence-electron chi connectivity index (χ0n) is 22.1. The molecule has 1 unspecified atom stereocenters. The van der Waals surface area contributed by atoms with Gasteiger partial charge < -0.3 is 31.1 Å². The van der Waals surface area contributed by atoms with Crippen LogP contribution < -0.4 is 26.1 Å². The van der Waals surface area contributed by atoms with Crippen molar-refractivity contribution in [3.63, 3.8) is 0 Å². The molecule has 0 radical (unpaired) electrons. The van der Waals surface area contributed by atoms with E-state index in [0.29, 0.717) is 31.9 Å².